The van der Waals surface area contributed by atoms with Gasteiger partial charge < -0.3 is 15.1 Å². The van der Waals surface area contributed by atoms with Crippen molar-refractivity contribution >= 4 is 17.5 Å². The zero-order chi connectivity index (χ0) is 23.4. The Kier molecular flexibility index (Phi) is 6.82. The third-order valence-electron chi connectivity index (χ3n) is 5.78. The van der Waals surface area contributed by atoms with E-state index in [0.29, 0.717) is 25.5 Å². The first-order chi connectivity index (χ1) is 15.9. The van der Waals surface area contributed by atoms with Crippen LogP contribution < -0.4 is 10.2 Å². The summed E-state index contributed by atoms with van der Waals surface area (Å²) >= 11 is 0. The standard InChI is InChI=1S/C25H27F2N5O/c1-17-21(15-19-7-4-3-5-8-19)24(29-18(2)28-17)31-11-6-12-32(14-13-31)25(33)30-23-10-9-20(26)16-22(23)27/h3-5,7-10,16H,6,11-15H2,1-2H3,(H,30,33). The number of carbonyl (C=O) groups excluding carboxylic acids is 1. The number of hydrogen-bond donors (Lipinski definition) is 1. The number of nitrogens with zero attached hydrogens (tertiary/aromatic N) is 4. The van der Waals surface area contributed by atoms with Crippen LogP contribution in [-0.4, -0.2) is 47.1 Å². The lowest BCUT2D eigenvalue weighted by molar-refractivity contribution is 0.215. The van der Waals surface area contributed by atoms with Crippen LogP contribution in [0, 0.1) is 25.5 Å². The number of aryl methyl sites for hydroxylation is 2. The summed E-state index contributed by atoms with van der Waals surface area (Å²) in [5.74, 6) is 0.135. The van der Waals surface area contributed by atoms with E-state index in [0.717, 1.165) is 48.6 Å². The maximum absolute atomic E-state index is 13.9. The molecule has 33 heavy (non-hydrogen) atoms. The van der Waals surface area contributed by atoms with Crippen molar-refractivity contribution in [2.45, 2.75) is 26.7 Å². The third-order valence-corrected chi connectivity index (χ3v) is 5.78. The molecule has 1 aliphatic heterocycles. The molecule has 172 valence electrons. The molecule has 0 spiro atoms. The minimum absolute atomic E-state index is 0.0327. The van der Waals surface area contributed by atoms with E-state index < -0.39 is 17.7 Å². The van der Waals surface area contributed by atoms with Crippen LogP contribution in [0.15, 0.2) is 48.5 Å². The topological polar surface area (TPSA) is 61.4 Å². The molecule has 2 aromatic carbocycles. The van der Waals surface area contributed by atoms with E-state index in [1.807, 2.05) is 32.0 Å². The van der Waals surface area contributed by atoms with Crippen molar-refractivity contribution in [1.82, 2.24) is 14.9 Å². The largest absolute Gasteiger partial charge is 0.354 e. The van der Waals surface area contributed by atoms with Crippen LogP contribution in [-0.2, 0) is 6.42 Å². The van der Waals surface area contributed by atoms with Gasteiger partial charge in [0, 0.05) is 49.9 Å². The fourth-order valence-electron chi connectivity index (χ4n) is 4.10. The minimum atomic E-state index is -0.794. The maximum atomic E-state index is 13.9. The normalized spacial score (nSPS) is 14.2. The van der Waals surface area contributed by atoms with E-state index in [2.05, 4.69) is 27.3 Å². The van der Waals surface area contributed by atoms with Crippen molar-refractivity contribution in [2.75, 3.05) is 36.4 Å². The van der Waals surface area contributed by atoms with Gasteiger partial charge in [-0.25, -0.2) is 23.5 Å². The van der Waals surface area contributed by atoms with E-state index in [-0.39, 0.29) is 5.69 Å². The molecule has 3 aromatic rings. The van der Waals surface area contributed by atoms with Gasteiger partial charge in [0.25, 0.3) is 0 Å². The second-order valence-corrected chi connectivity index (χ2v) is 8.20. The molecular formula is C25H27F2N5O. The smallest absolute Gasteiger partial charge is 0.321 e. The molecule has 4 rings (SSSR count). The van der Waals surface area contributed by atoms with Gasteiger partial charge in [-0.1, -0.05) is 30.3 Å². The van der Waals surface area contributed by atoms with Crippen LogP contribution in [0.4, 0.5) is 25.1 Å². The summed E-state index contributed by atoms with van der Waals surface area (Å²) in [6.07, 6.45) is 1.47. The number of hydrogen-bond acceptors (Lipinski definition) is 4. The van der Waals surface area contributed by atoms with Gasteiger partial charge in [0.05, 0.1) is 5.69 Å². The van der Waals surface area contributed by atoms with E-state index in [4.69, 9.17) is 4.98 Å². The molecule has 0 saturated carbocycles. The Morgan fingerprint density at radius 1 is 1.00 bits per heavy atom. The summed E-state index contributed by atoms with van der Waals surface area (Å²) in [6.45, 7) is 6.22. The van der Waals surface area contributed by atoms with Gasteiger partial charge in [-0.05, 0) is 38.0 Å². The first kappa shape index (κ1) is 22.6. The highest BCUT2D eigenvalue weighted by Gasteiger charge is 2.23. The van der Waals surface area contributed by atoms with Crippen LogP contribution in [0.3, 0.4) is 0 Å². The predicted molar refractivity (Wildman–Crippen MR) is 125 cm³/mol. The summed E-state index contributed by atoms with van der Waals surface area (Å²) in [7, 11) is 0. The van der Waals surface area contributed by atoms with E-state index >= 15 is 0 Å². The average Bonchev–Trinajstić information content (AvgIpc) is 3.04. The highest BCUT2D eigenvalue weighted by atomic mass is 19.1. The van der Waals surface area contributed by atoms with Crippen molar-refractivity contribution < 1.29 is 13.6 Å². The summed E-state index contributed by atoms with van der Waals surface area (Å²) < 4.78 is 27.1. The van der Waals surface area contributed by atoms with Crippen LogP contribution in [0.5, 0.6) is 0 Å². The Morgan fingerprint density at radius 3 is 2.55 bits per heavy atom. The SMILES string of the molecule is Cc1nc(C)c(Cc2ccccc2)c(N2CCCN(C(=O)Nc3ccc(F)cc3F)CC2)n1. The zero-order valence-electron chi connectivity index (χ0n) is 18.8. The van der Waals surface area contributed by atoms with Crippen LogP contribution in [0.25, 0.3) is 0 Å². The number of anilines is 2. The number of urea groups is 1. The molecule has 1 N–H and O–H groups in total. The van der Waals surface area contributed by atoms with Gasteiger partial charge in [0.2, 0.25) is 0 Å². The molecule has 0 aliphatic carbocycles. The number of nitrogens with one attached hydrogen (secondary N) is 1. The summed E-state index contributed by atoms with van der Waals surface area (Å²) in [5.41, 5.74) is 3.19. The van der Waals surface area contributed by atoms with Crippen molar-refractivity contribution in [2.24, 2.45) is 0 Å². The van der Waals surface area contributed by atoms with Gasteiger partial charge >= 0.3 is 6.03 Å². The van der Waals surface area contributed by atoms with Gasteiger partial charge in [-0.15, -0.1) is 0 Å². The molecule has 0 bridgehead atoms. The fourth-order valence-corrected chi connectivity index (χ4v) is 4.10. The lowest BCUT2D eigenvalue weighted by atomic mass is 10.0. The maximum Gasteiger partial charge on any atom is 0.321 e. The number of carbonyl (C=O) groups is 1. The molecule has 0 radical (unpaired) electrons. The second-order valence-electron chi connectivity index (χ2n) is 8.20. The molecule has 6 nitrogen and oxygen atoms in total. The monoisotopic (exact) mass is 451 g/mol. The molecule has 2 amide bonds. The third kappa shape index (κ3) is 5.45. The van der Waals surface area contributed by atoms with E-state index in [9.17, 15) is 13.6 Å². The zero-order valence-corrected chi connectivity index (χ0v) is 18.8. The Balaban J connectivity index is 1.50. The van der Waals surface area contributed by atoms with Crippen molar-refractivity contribution in [3.8, 4) is 0 Å². The number of benzene rings is 2. The summed E-state index contributed by atoms with van der Waals surface area (Å²) in [5, 5.41) is 2.55. The Bertz CT molecular complexity index is 1140. The van der Waals surface area contributed by atoms with Crippen molar-refractivity contribution in [3.63, 3.8) is 0 Å². The Hall–Kier alpha value is -3.55. The van der Waals surface area contributed by atoms with Gasteiger partial charge in [0.1, 0.15) is 23.3 Å². The first-order valence-corrected chi connectivity index (χ1v) is 11.0. The number of halogens is 2. The Labute approximate surface area is 192 Å². The number of aromatic nitrogens is 2. The molecule has 1 aromatic heterocycles. The molecule has 1 fully saturated rings. The predicted octanol–water partition coefficient (Wildman–Crippen LogP) is 4.71. The quantitative estimate of drug-likeness (QED) is 0.624. The van der Waals surface area contributed by atoms with Gasteiger partial charge in [0.15, 0.2) is 0 Å². The lowest BCUT2D eigenvalue weighted by Gasteiger charge is -2.26. The van der Waals surface area contributed by atoms with Gasteiger partial charge in [-0.3, -0.25) is 0 Å². The molecule has 8 heteroatoms. The highest BCUT2D eigenvalue weighted by Crippen LogP contribution is 2.25. The summed E-state index contributed by atoms with van der Waals surface area (Å²) in [6, 6.07) is 12.9. The van der Waals surface area contributed by atoms with Crippen LogP contribution in [0.2, 0.25) is 0 Å². The molecule has 1 aliphatic rings. The van der Waals surface area contributed by atoms with Crippen LogP contribution in [0.1, 0.15) is 29.1 Å². The van der Waals surface area contributed by atoms with Crippen molar-refractivity contribution in [1.29, 1.82) is 0 Å². The van der Waals surface area contributed by atoms with E-state index in [1.54, 1.807) is 4.90 Å². The second kappa shape index (κ2) is 9.94. The Morgan fingerprint density at radius 2 is 1.79 bits per heavy atom. The molecular weight excluding hydrogens is 424 g/mol. The average molecular weight is 452 g/mol. The summed E-state index contributed by atoms with van der Waals surface area (Å²) in [4.78, 5) is 25.9. The number of rotatable bonds is 4. The molecule has 0 atom stereocenters. The first-order valence-electron chi connectivity index (χ1n) is 11.0. The highest BCUT2D eigenvalue weighted by molar-refractivity contribution is 5.89. The van der Waals surface area contributed by atoms with Crippen LogP contribution >= 0.6 is 0 Å². The van der Waals surface area contributed by atoms with E-state index in [1.165, 1.54) is 11.6 Å². The molecule has 2 heterocycles. The minimum Gasteiger partial charge on any atom is -0.354 e. The molecule has 1 saturated heterocycles. The molecule has 0 unspecified atom stereocenters. The number of amides is 2. The lowest BCUT2D eigenvalue weighted by Crippen LogP contribution is -2.38. The van der Waals surface area contributed by atoms with Gasteiger partial charge in [-0.2, -0.15) is 0 Å². The van der Waals surface area contributed by atoms with Crippen molar-refractivity contribution in [3.05, 3.63) is 82.8 Å². The fraction of sp³-hybridized carbons (Fsp3) is 0.320.